The highest BCUT2D eigenvalue weighted by Gasteiger charge is 2.31. The number of hydrogen-bond acceptors (Lipinski definition) is 5. The molecule has 0 spiro atoms. The van der Waals surface area contributed by atoms with Crippen LogP contribution in [0.5, 0.6) is 5.75 Å². The van der Waals surface area contributed by atoms with Crippen molar-refractivity contribution in [2.45, 2.75) is 24.7 Å². The van der Waals surface area contributed by atoms with Gasteiger partial charge in [0.25, 0.3) is 5.91 Å². The summed E-state index contributed by atoms with van der Waals surface area (Å²) in [5, 5.41) is 2.01. The maximum atomic E-state index is 13.4. The van der Waals surface area contributed by atoms with Crippen LogP contribution in [0.4, 0.5) is 5.69 Å². The van der Waals surface area contributed by atoms with Crippen LogP contribution in [-0.2, 0) is 10.0 Å². The van der Waals surface area contributed by atoms with Gasteiger partial charge in [0.15, 0.2) is 0 Å². The van der Waals surface area contributed by atoms with E-state index >= 15 is 0 Å². The number of benzene rings is 3. The molecule has 7 nitrogen and oxygen atoms in total. The molecular weight excluding hydrogens is 474 g/mol. The highest BCUT2D eigenvalue weighted by molar-refractivity contribution is 7.89. The van der Waals surface area contributed by atoms with Crippen LogP contribution in [0.25, 0.3) is 10.8 Å². The minimum absolute atomic E-state index is 0.0222. The molecule has 190 valence electrons. The molecule has 0 saturated carbocycles. The van der Waals surface area contributed by atoms with Gasteiger partial charge >= 0.3 is 0 Å². The van der Waals surface area contributed by atoms with Crippen molar-refractivity contribution in [1.82, 2.24) is 9.21 Å². The molecule has 1 atom stereocenters. The van der Waals surface area contributed by atoms with Gasteiger partial charge in [-0.25, -0.2) is 8.42 Å². The summed E-state index contributed by atoms with van der Waals surface area (Å²) >= 11 is 0. The number of hydrogen-bond donors (Lipinski definition) is 0. The Bertz CT molecular complexity index is 1360. The van der Waals surface area contributed by atoms with Crippen molar-refractivity contribution in [1.29, 1.82) is 0 Å². The van der Waals surface area contributed by atoms with Crippen molar-refractivity contribution in [3.63, 3.8) is 0 Å². The van der Waals surface area contributed by atoms with Crippen LogP contribution >= 0.6 is 0 Å². The SMILES string of the molecule is COc1ccc(S(=O)(=O)N2CCCC(C)C2)cc1N1CCN(C(=O)c2cccc3ccccc23)CC1. The number of sulfonamides is 1. The quantitative estimate of drug-likeness (QED) is 0.517. The molecule has 36 heavy (non-hydrogen) atoms. The van der Waals surface area contributed by atoms with Crippen LogP contribution in [0.2, 0.25) is 0 Å². The van der Waals surface area contributed by atoms with Gasteiger partial charge in [-0.15, -0.1) is 0 Å². The van der Waals surface area contributed by atoms with Crippen LogP contribution in [0, 0.1) is 5.92 Å². The van der Waals surface area contributed by atoms with Gasteiger partial charge in [0.05, 0.1) is 17.7 Å². The molecule has 8 heteroatoms. The van der Waals surface area contributed by atoms with Gasteiger partial charge in [0.1, 0.15) is 5.75 Å². The molecule has 1 amide bonds. The summed E-state index contributed by atoms with van der Waals surface area (Å²) in [6, 6.07) is 18.9. The zero-order valence-electron chi connectivity index (χ0n) is 20.9. The van der Waals surface area contributed by atoms with Crippen LogP contribution in [-0.4, -0.2) is 69.9 Å². The smallest absolute Gasteiger partial charge is 0.254 e. The van der Waals surface area contributed by atoms with E-state index in [1.165, 1.54) is 0 Å². The zero-order chi connectivity index (χ0) is 25.3. The molecule has 2 aliphatic rings. The highest BCUT2D eigenvalue weighted by atomic mass is 32.2. The Hall–Kier alpha value is -3.10. The molecule has 0 aromatic heterocycles. The van der Waals surface area contributed by atoms with Crippen molar-refractivity contribution in [2.24, 2.45) is 5.92 Å². The van der Waals surface area contributed by atoms with Crippen LogP contribution < -0.4 is 9.64 Å². The van der Waals surface area contributed by atoms with Crippen molar-refractivity contribution in [2.75, 3.05) is 51.3 Å². The number of piperazine rings is 1. The molecule has 1 unspecified atom stereocenters. The van der Waals surface area contributed by atoms with Crippen molar-refractivity contribution in [3.05, 3.63) is 66.2 Å². The van der Waals surface area contributed by atoms with E-state index < -0.39 is 10.0 Å². The van der Waals surface area contributed by atoms with Crippen LogP contribution in [0.15, 0.2) is 65.6 Å². The van der Waals surface area contributed by atoms with Crippen LogP contribution in [0.1, 0.15) is 30.1 Å². The maximum Gasteiger partial charge on any atom is 0.254 e. The average Bonchev–Trinajstić information content (AvgIpc) is 2.92. The van der Waals surface area contributed by atoms with E-state index in [-0.39, 0.29) is 5.91 Å². The Kier molecular flexibility index (Phi) is 6.90. The van der Waals surface area contributed by atoms with Gasteiger partial charge in [-0.2, -0.15) is 4.31 Å². The first-order chi connectivity index (χ1) is 17.4. The van der Waals surface area contributed by atoms with E-state index in [0.717, 1.165) is 29.3 Å². The zero-order valence-corrected chi connectivity index (χ0v) is 21.7. The van der Waals surface area contributed by atoms with Crippen LogP contribution in [0.3, 0.4) is 0 Å². The largest absolute Gasteiger partial charge is 0.495 e. The third kappa shape index (κ3) is 4.67. The number of nitrogens with zero attached hydrogens (tertiary/aromatic N) is 3. The van der Waals surface area contributed by atoms with E-state index in [0.29, 0.717) is 61.4 Å². The van der Waals surface area contributed by atoms with Gasteiger partial charge in [-0.05, 0) is 53.8 Å². The first kappa shape index (κ1) is 24.6. The minimum Gasteiger partial charge on any atom is -0.495 e. The molecule has 3 aromatic rings. The van der Waals surface area contributed by atoms with E-state index in [2.05, 4.69) is 11.8 Å². The minimum atomic E-state index is -3.58. The lowest BCUT2D eigenvalue weighted by molar-refractivity contribution is 0.0748. The third-order valence-corrected chi connectivity index (χ3v) is 9.20. The number of piperidine rings is 1. The summed E-state index contributed by atoms with van der Waals surface area (Å²) in [5.41, 5.74) is 1.46. The normalized spacial score (nSPS) is 19.4. The summed E-state index contributed by atoms with van der Waals surface area (Å²) in [7, 11) is -1.98. The number of methoxy groups -OCH3 is 1. The number of fused-ring (bicyclic) bond motifs is 1. The van der Waals surface area contributed by atoms with E-state index in [4.69, 9.17) is 4.74 Å². The highest BCUT2D eigenvalue weighted by Crippen LogP contribution is 2.34. The van der Waals surface area contributed by atoms with Crippen molar-refractivity contribution < 1.29 is 17.9 Å². The molecule has 2 fully saturated rings. The summed E-state index contributed by atoms with van der Waals surface area (Å²) < 4.78 is 34.0. The second-order valence-corrected chi connectivity index (χ2v) is 11.7. The first-order valence-corrected chi connectivity index (χ1v) is 14.0. The average molecular weight is 508 g/mol. The Labute approximate surface area is 213 Å². The fourth-order valence-corrected chi connectivity index (χ4v) is 6.94. The summed E-state index contributed by atoms with van der Waals surface area (Å²) in [6.45, 7) is 5.49. The topological polar surface area (TPSA) is 70.2 Å². The Morgan fingerprint density at radius 2 is 1.69 bits per heavy atom. The second-order valence-electron chi connectivity index (χ2n) is 9.75. The van der Waals surface area contributed by atoms with E-state index in [9.17, 15) is 13.2 Å². The lowest BCUT2D eigenvalue weighted by Crippen LogP contribution is -2.49. The van der Waals surface area contributed by atoms with Gasteiger partial charge in [-0.1, -0.05) is 43.3 Å². The molecule has 3 aromatic carbocycles. The predicted molar refractivity (Wildman–Crippen MR) is 142 cm³/mol. The van der Waals surface area contributed by atoms with Gasteiger partial charge in [-0.3, -0.25) is 4.79 Å². The van der Waals surface area contributed by atoms with Crippen molar-refractivity contribution in [3.8, 4) is 5.75 Å². The molecule has 5 rings (SSSR count). The molecule has 0 bridgehead atoms. The summed E-state index contributed by atoms with van der Waals surface area (Å²) in [6.07, 6.45) is 1.94. The number of ether oxygens (including phenoxy) is 1. The number of anilines is 1. The monoisotopic (exact) mass is 507 g/mol. The predicted octanol–water partition coefficient (Wildman–Crippen LogP) is 4.23. The lowest BCUT2D eigenvalue weighted by Gasteiger charge is -2.37. The second kappa shape index (κ2) is 10.1. The third-order valence-electron chi connectivity index (χ3n) is 7.34. The molecule has 2 aliphatic heterocycles. The Balaban J connectivity index is 1.35. The van der Waals surface area contributed by atoms with Gasteiger partial charge < -0.3 is 14.5 Å². The first-order valence-electron chi connectivity index (χ1n) is 12.6. The maximum absolute atomic E-state index is 13.4. The molecule has 2 heterocycles. The number of carbonyl (C=O) groups excluding carboxylic acids is 1. The summed E-state index contributed by atoms with van der Waals surface area (Å²) in [5.74, 6) is 1.02. The fourth-order valence-electron chi connectivity index (χ4n) is 5.32. The standard InChI is InChI=1S/C28H33N3O4S/c1-21-7-6-14-31(20-21)36(33,34)23-12-13-27(35-2)26(19-23)29-15-17-30(18-16-29)28(32)25-11-5-9-22-8-3-4-10-24(22)25/h3-5,8-13,19,21H,6-7,14-18,20H2,1-2H3. The Morgan fingerprint density at radius 3 is 2.44 bits per heavy atom. The molecule has 2 saturated heterocycles. The Morgan fingerprint density at radius 1 is 0.944 bits per heavy atom. The van der Waals surface area contributed by atoms with Gasteiger partial charge in [0, 0.05) is 44.8 Å². The lowest BCUT2D eigenvalue weighted by atomic mass is 10.0. The fraction of sp³-hybridized carbons (Fsp3) is 0.393. The molecule has 0 aliphatic carbocycles. The number of rotatable bonds is 5. The number of carbonyl (C=O) groups is 1. The summed E-state index contributed by atoms with van der Waals surface area (Å²) in [4.78, 5) is 17.6. The van der Waals surface area contributed by atoms with E-state index in [1.807, 2.05) is 47.4 Å². The molecule has 0 radical (unpaired) electrons. The van der Waals surface area contributed by atoms with E-state index in [1.54, 1.807) is 29.6 Å². The van der Waals surface area contributed by atoms with Gasteiger partial charge in [0.2, 0.25) is 10.0 Å². The van der Waals surface area contributed by atoms with Crippen molar-refractivity contribution >= 4 is 32.4 Å². The molecular formula is C28H33N3O4S. The molecule has 0 N–H and O–H groups in total. The number of amides is 1.